The number of hydrogen-bond donors (Lipinski definition) is 1. The molecule has 0 aromatic carbocycles. The van der Waals surface area contributed by atoms with E-state index >= 15 is 0 Å². The van der Waals surface area contributed by atoms with Crippen LogP contribution in [0.2, 0.25) is 0 Å². The number of aryl methyl sites for hydroxylation is 1. The summed E-state index contributed by atoms with van der Waals surface area (Å²) in [6.45, 7) is 6.03. The predicted molar refractivity (Wildman–Crippen MR) is 60.6 cm³/mol. The number of nitrogens with one attached hydrogen (secondary N) is 1. The van der Waals surface area contributed by atoms with Gasteiger partial charge in [-0.3, -0.25) is 0 Å². The van der Waals surface area contributed by atoms with Crippen LogP contribution < -0.4 is 5.32 Å². The van der Waals surface area contributed by atoms with E-state index in [4.69, 9.17) is 0 Å². The standard InChI is InChI=1S/C11H19N3O/c1-4-14(5-2)11(15)12-9-10-7-6-8-13(10)3/h6-8H,4-5,9H2,1-3H3,(H,12,15). The maximum absolute atomic E-state index is 11.6. The van der Waals surface area contributed by atoms with Crippen molar-refractivity contribution in [3.05, 3.63) is 24.0 Å². The van der Waals surface area contributed by atoms with E-state index in [1.165, 1.54) is 0 Å². The Bertz CT molecular complexity index is 315. The molecule has 0 aliphatic rings. The van der Waals surface area contributed by atoms with Crippen LogP contribution >= 0.6 is 0 Å². The molecule has 0 bridgehead atoms. The highest BCUT2D eigenvalue weighted by molar-refractivity contribution is 5.73. The smallest absolute Gasteiger partial charge is 0.317 e. The minimum absolute atomic E-state index is 0.00111. The number of aromatic nitrogens is 1. The van der Waals surface area contributed by atoms with Crippen molar-refractivity contribution >= 4 is 6.03 Å². The van der Waals surface area contributed by atoms with Gasteiger partial charge in [0.15, 0.2) is 0 Å². The summed E-state index contributed by atoms with van der Waals surface area (Å²) in [7, 11) is 1.97. The molecule has 15 heavy (non-hydrogen) atoms. The van der Waals surface area contributed by atoms with E-state index < -0.39 is 0 Å². The van der Waals surface area contributed by atoms with Crippen molar-refractivity contribution in [3.8, 4) is 0 Å². The zero-order valence-electron chi connectivity index (χ0n) is 9.66. The van der Waals surface area contributed by atoms with Gasteiger partial charge >= 0.3 is 6.03 Å². The highest BCUT2D eigenvalue weighted by Crippen LogP contribution is 1.99. The molecule has 4 heteroatoms. The summed E-state index contributed by atoms with van der Waals surface area (Å²) in [6, 6.07) is 3.97. The first-order valence-electron chi connectivity index (χ1n) is 5.32. The molecule has 0 aliphatic carbocycles. The lowest BCUT2D eigenvalue weighted by Crippen LogP contribution is -2.39. The zero-order valence-corrected chi connectivity index (χ0v) is 9.66. The molecule has 1 heterocycles. The molecule has 0 saturated heterocycles. The maximum Gasteiger partial charge on any atom is 0.317 e. The average Bonchev–Trinajstić information content (AvgIpc) is 2.63. The molecule has 0 saturated carbocycles. The summed E-state index contributed by atoms with van der Waals surface area (Å²) in [5.41, 5.74) is 1.11. The first-order valence-corrected chi connectivity index (χ1v) is 5.32. The van der Waals surface area contributed by atoms with Gasteiger partial charge in [0, 0.05) is 32.0 Å². The maximum atomic E-state index is 11.6. The van der Waals surface area contributed by atoms with Gasteiger partial charge in [-0.15, -0.1) is 0 Å². The second-order valence-corrected chi connectivity index (χ2v) is 3.44. The molecule has 1 aromatic rings. The molecule has 2 amide bonds. The average molecular weight is 209 g/mol. The Balaban J connectivity index is 2.43. The monoisotopic (exact) mass is 209 g/mol. The van der Waals surface area contributed by atoms with Crippen LogP contribution in [0.5, 0.6) is 0 Å². The summed E-state index contributed by atoms with van der Waals surface area (Å²) in [5.74, 6) is 0. The van der Waals surface area contributed by atoms with Crippen LogP contribution in [0.1, 0.15) is 19.5 Å². The van der Waals surface area contributed by atoms with Crippen molar-refractivity contribution in [3.63, 3.8) is 0 Å². The summed E-state index contributed by atoms with van der Waals surface area (Å²) in [4.78, 5) is 13.4. The van der Waals surface area contributed by atoms with Crippen molar-refractivity contribution in [1.82, 2.24) is 14.8 Å². The lowest BCUT2D eigenvalue weighted by Gasteiger charge is -2.19. The van der Waals surface area contributed by atoms with Crippen molar-refractivity contribution in [2.24, 2.45) is 7.05 Å². The fraction of sp³-hybridized carbons (Fsp3) is 0.545. The number of hydrogen-bond acceptors (Lipinski definition) is 1. The third-order valence-electron chi connectivity index (χ3n) is 2.52. The number of carbonyl (C=O) groups is 1. The molecule has 1 N–H and O–H groups in total. The summed E-state index contributed by atoms with van der Waals surface area (Å²) in [6.07, 6.45) is 1.97. The highest BCUT2D eigenvalue weighted by Gasteiger charge is 2.08. The first-order chi connectivity index (χ1) is 7.19. The Labute approximate surface area is 90.9 Å². The second kappa shape index (κ2) is 5.44. The van der Waals surface area contributed by atoms with Crippen LogP contribution in [-0.4, -0.2) is 28.6 Å². The van der Waals surface area contributed by atoms with E-state index in [0.717, 1.165) is 18.8 Å². The van der Waals surface area contributed by atoms with Crippen molar-refractivity contribution in [2.75, 3.05) is 13.1 Å². The normalized spacial score (nSPS) is 10.1. The zero-order chi connectivity index (χ0) is 11.3. The van der Waals surface area contributed by atoms with Gasteiger partial charge in [0.05, 0.1) is 6.54 Å². The van der Waals surface area contributed by atoms with Crippen molar-refractivity contribution in [2.45, 2.75) is 20.4 Å². The highest BCUT2D eigenvalue weighted by atomic mass is 16.2. The van der Waals surface area contributed by atoms with E-state index in [-0.39, 0.29) is 6.03 Å². The molecular formula is C11H19N3O. The molecule has 0 unspecified atom stereocenters. The minimum atomic E-state index is 0.00111. The fourth-order valence-electron chi connectivity index (χ4n) is 1.47. The molecule has 0 spiro atoms. The van der Waals surface area contributed by atoms with Crippen LogP contribution in [-0.2, 0) is 13.6 Å². The van der Waals surface area contributed by atoms with Gasteiger partial charge in [0.25, 0.3) is 0 Å². The lowest BCUT2D eigenvalue weighted by molar-refractivity contribution is 0.202. The van der Waals surface area contributed by atoms with Gasteiger partial charge < -0.3 is 14.8 Å². The molecular weight excluding hydrogens is 190 g/mol. The number of nitrogens with zero attached hydrogens (tertiary/aromatic N) is 2. The largest absolute Gasteiger partial charge is 0.353 e. The molecule has 84 valence electrons. The molecule has 0 aliphatic heterocycles. The first kappa shape index (κ1) is 11.6. The van der Waals surface area contributed by atoms with Crippen LogP contribution in [0, 0.1) is 0 Å². The van der Waals surface area contributed by atoms with E-state index in [2.05, 4.69) is 5.32 Å². The van der Waals surface area contributed by atoms with Crippen LogP contribution in [0.3, 0.4) is 0 Å². The summed E-state index contributed by atoms with van der Waals surface area (Å²) >= 11 is 0. The van der Waals surface area contributed by atoms with Gasteiger partial charge in [-0.25, -0.2) is 4.79 Å². The Morgan fingerprint density at radius 2 is 2.13 bits per heavy atom. The summed E-state index contributed by atoms with van der Waals surface area (Å²) in [5, 5.41) is 2.89. The van der Waals surface area contributed by atoms with E-state index in [0.29, 0.717) is 6.54 Å². The number of urea groups is 1. The predicted octanol–water partition coefficient (Wildman–Crippen LogP) is 1.58. The SMILES string of the molecule is CCN(CC)C(=O)NCc1cccn1C. The van der Waals surface area contributed by atoms with Crippen LogP contribution in [0.4, 0.5) is 4.79 Å². The topological polar surface area (TPSA) is 37.3 Å². The van der Waals surface area contributed by atoms with Crippen molar-refractivity contribution < 1.29 is 4.79 Å². The van der Waals surface area contributed by atoms with Crippen molar-refractivity contribution in [1.29, 1.82) is 0 Å². The van der Waals surface area contributed by atoms with E-state index in [9.17, 15) is 4.79 Å². The number of rotatable bonds is 4. The Morgan fingerprint density at radius 1 is 1.47 bits per heavy atom. The Hall–Kier alpha value is -1.45. The fourth-order valence-corrected chi connectivity index (χ4v) is 1.47. The van der Waals surface area contributed by atoms with Gasteiger partial charge in [-0.1, -0.05) is 0 Å². The second-order valence-electron chi connectivity index (χ2n) is 3.44. The lowest BCUT2D eigenvalue weighted by atomic mass is 10.4. The molecule has 4 nitrogen and oxygen atoms in total. The molecule has 0 radical (unpaired) electrons. The van der Waals surface area contributed by atoms with Crippen LogP contribution in [0.25, 0.3) is 0 Å². The molecule has 0 fully saturated rings. The third-order valence-corrected chi connectivity index (χ3v) is 2.52. The minimum Gasteiger partial charge on any atom is -0.353 e. The van der Waals surface area contributed by atoms with E-state index in [1.54, 1.807) is 4.90 Å². The third kappa shape index (κ3) is 3.01. The van der Waals surface area contributed by atoms with Gasteiger partial charge in [-0.2, -0.15) is 0 Å². The number of amides is 2. The van der Waals surface area contributed by atoms with Crippen LogP contribution in [0.15, 0.2) is 18.3 Å². The van der Waals surface area contributed by atoms with Gasteiger partial charge in [-0.05, 0) is 26.0 Å². The van der Waals surface area contributed by atoms with Gasteiger partial charge in [0.2, 0.25) is 0 Å². The Kier molecular flexibility index (Phi) is 4.21. The van der Waals surface area contributed by atoms with Gasteiger partial charge in [0.1, 0.15) is 0 Å². The quantitative estimate of drug-likeness (QED) is 0.803. The summed E-state index contributed by atoms with van der Waals surface area (Å²) < 4.78 is 2.00. The molecule has 0 atom stereocenters. The molecule has 1 aromatic heterocycles. The number of carbonyl (C=O) groups excluding carboxylic acids is 1. The Morgan fingerprint density at radius 3 is 2.60 bits per heavy atom. The van der Waals surface area contributed by atoms with E-state index in [1.807, 2.05) is 43.8 Å². The molecule has 1 rings (SSSR count).